The van der Waals surface area contributed by atoms with E-state index in [0.29, 0.717) is 0 Å². The number of hydrogen-bond acceptors (Lipinski definition) is 3. The van der Waals surface area contributed by atoms with Crippen molar-refractivity contribution in [3.63, 3.8) is 0 Å². The van der Waals surface area contributed by atoms with E-state index in [1.54, 1.807) is 0 Å². The van der Waals surface area contributed by atoms with Crippen LogP contribution in [0.3, 0.4) is 0 Å². The van der Waals surface area contributed by atoms with Gasteiger partial charge in [-0.1, -0.05) is 6.92 Å². The van der Waals surface area contributed by atoms with Crippen molar-refractivity contribution in [2.75, 3.05) is 6.54 Å². The molecule has 0 saturated carbocycles. The maximum absolute atomic E-state index is 11.9. The lowest BCUT2D eigenvalue weighted by molar-refractivity contribution is -0.141. The molecule has 0 bridgehead atoms. The number of nitrogens with one attached hydrogen (secondary N) is 1. The molecule has 0 unspecified atom stereocenters. The zero-order chi connectivity index (χ0) is 13.2. The van der Waals surface area contributed by atoms with Crippen LogP contribution < -0.4 is 5.32 Å². The molecule has 2 atom stereocenters. The van der Waals surface area contributed by atoms with E-state index in [1.165, 1.54) is 4.90 Å². The minimum Gasteiger partial charge on any atom is -0.480 e. The number of β-amino-alcohol motifs (C(OH)–C–C–N with tert-alkyl or cyclic N) is 1. The van der Waals surface area contributed by atoms with Crippen molar-refractivity contribution < 1.29 is 19.8 Å². The summed E-state index contributed by atoms with van der Waals surface area (Å²) in [5.74, 6) is -1.08. The predicted octanol–water partition coefficient (Wildman–Crippen LogP) is 0.404. The molecule has 6 heteroatoms. The van der Waals surface area contributed by atoms with Gasteiger partial charge in [-0.05, 0) is 20.3 Å². The Morgan fingerprint density at radius 2 is 2.06 bits per heavy atom. The molecule has 0 aromatic carbocycles. The Labute approximate surface area is 101 Å². The van der Waals surface area contributed by atoms with Crippen LogP contribution in [0.25, 0.3) is 0 Å². The molecule has 17 heavy (non-hydrogen) atoms. The summed E-state index contributed by atoms with van der Waals surface area (Å²) in [7, 11) is 0. The van der Waals surface area contributed by atoms with Crippen molar-refractivity contribution in [3.8, 4) is 0 Å². The number of amides is 2. The number of carboxylic acids is 1. The van der Waals surface area contributed by atoms with Crippen LogP contribution >= 0.6 is 0 Å². The standard InChI is InChI=1S/C11H20N2O4/c1-4-11(2,3)12-10(17)13-6-7(14)5-8(13)9(15)16/h7-8,14H,4-6H2,1-3H3,(H,12,17)(H,15,16)/t7-,8-/m1/s1. The quantitative estimate of drug-likeness (QED) is 0.670. The Morgan fingerprint density at radius 3 is 2.53 bits per heavy atom. The lowest BCUT2D eigenvalue weighted by Crippen LogP contribution is -2.52. The van der Waals surface area contributed by atoms with Crippen LogP contribution in [0, 0.1) is 0 Å². The van der Waals surface area contributed by atoms with E-state index >= 15 is 0 Å². The Morgan fingerprint density at radius 1 is 1.47 bits per heavy atom. The second-order valence-corrected chi connectivity index (χ2v) is 5.06. The topological polar surface area (TPSA) is 89.9 Å². The third-order valence-corrected chi connectivity index (χ3v) is 3.15. The first-order valence-corrected chi connectivity index (χ1v) is 5.76. The van der Waals surface area contributed by atoms with E-state index in [-0.39, 0.29) is 18.5 Å². The van der Waals surface area contributed by atoms with Gasteiger partial charge in [0.25, 0.3) is 0 Å². The number of aliphatic hydroxyl groups excluding tert-OH is 1. The van der Waals surface area contributed by atoms with E-state index in [2.05, 4.69) is 5.32 Å². The summed E-state index contributed by atoms with van der Waals surface area (Å²) < 4.78 is 0. The van der Waals surface area contributed by atoms with Crippen molar-refractivity contribution in [2.45, 2.75) is 51.3 Å². The summed E-state index contributed by atoms with van der Waals surface area (Å²) in [6.45, 7) is 5.75. The molecule has 1 aliphatic heterocycles. The van der Waals surface area contributed by atoms with E-state index in [1.807, 2.05) is 20.8 Å². The number of carbonyl (C=O) groups is 2. The van der Waals surface area contributed by atoms with Gasteiger partial charge in [0, 0.05) is 18.5 Å². The number of aliphatic carboxylic acids is 1. The second kappa shape index (κ2) is 4.91. The van der Waals surface area contributed by atoms with Crippen LogP contribution in [0.5, 0.6) is 0 Å². The monoisotopic (exact) mass is 244 g/mol. The van der Waals surface area contributed by atoms with E-state index in [9.17, 15) is 14.7 Å². The van der Waals surface area contributed by atoms with Crippen molar-refractivity contribution in [2.24, 2.45) is 0 Å². The molecular formula is C11H20N2O4. The second-order valence-electron chi connectivity index (χ2n) is 5.06. The van der Waals surface area contributed by atoms with Gasteiger partial charge < -0.3 is 20.4 Å². The molecule has 1 aliphatic rings. The van der Waals surface area contributed by atoms with Crippen molar-refractivity contribution in [1.29, 1.82) is 0 Å². The Balaban J connectivity index is 2.71. The highest BCUT2D eigenvalue weighted by molar-refractivity contribution is 5.83. The average Bonchev–Trinajstić information content (AvgIpc) is 2.60. The smallest absolute Gasteiger partial charge is 0.326 e. The molecular weight excluding hydrogens is 224 g/mol. The van der Waals surface area contributed by atoms with E-state index < -0.39 is 24.1 Å². The van der Waals surface area contributed by atoms with Gasteiger partial charge in [0.1, 0.15) is 6.04 Å². The first-order chi connectivity index (χ1) is 7.76. The molecule has 0 radical (unpaired) electrons. The Hall–Kier alpha value is -1.30. The summed E-state index contributed by atoms with van der Waals surface area (Å²) >= 11 is 0. The third-order valence-electron chi connectivity index (χ3n) is 3.15. The SMILES string of the molecule is CCC(C)(C)NC(=O)N1C[C@H](O)C[C@@H]1C(=O)O. The minimum atomic E-state index is -1.08. The van der Waals surface area contributed by atoms with Gasteiger partial charge in [-0.3, -0.25) is 0 Å². The maximum atomic E-state index is 11.9. The van der Waals surface area contributed by atoms with Gasteiger partial charge in [0.15, 0.2) is 0 Å². The van der Waals surface area contributed by atoms with Crippen LogP contribution in [0.2, 0.25) is 0 Å². The molecule has 0 aromatic heterocycles. The van der Waals surface area contributed by atoms with Gasteiger partial charge in [-0.2, -0.15) is 0 Å². The average molecular weight is 244 g/mol. The Kier molecular flexibility index (Phi) is 3.98. The summed E-state index contributed by atoms with van der Waals surface area (Å²) in [6.07, 6.45) is 0.0777. The largest absolute Gasteiger partial charge is 0.480 e. The highest BCUT2D eigenvalue weighted by atomic mass is 16.4. The van der Waals surface area contributed by atoms with Gasteiger partial charge in [-0.15, -0.1) is 0 Å². The van der Waals surface area contributed by atoms with Crippen molar-refractivity contribution in [1.82, 2.24) is 10.2 Å². The van der Waals surface area contributed by atoms with Gasteiger partial charge >= 0.3 is 12.0 Å². The number of carboxylic acid groups (broad SMARTS) is 1. The number of rotatable bonds is 3. The van der Waals surface area contributed by atoms with Crippen LogP contribution in [-0.4, -0.2) is 51.3 Å². The zero-order valence-corrected chi connectivity index (χ0v) is 10.4. The van der Waals surface area contributed by atoms with Gasteiger partial charge in [0.2, 0.25) is 0 Å². The molecule has 0 aliphatic carbocycles. The number of hydrogen-bond donors (Lipinski definition) is 3. The molecule has 98 valence electrons. The molecule has 1 heterocycles. The number of likely N-dealkylation sites (tertiary alicyclic amines) is 1. The van der Waals surface area contributed by atoms with Crippen molar-refractivity contribution in [3.05, 3.63) is 0 Å². The highest BCUT2D eigenvalue weighted by Gasteiger charge is 2.39. The highest BCUT2D eigenvalue weighted by Crippen LogP contribution is 2.19. The summed E-state index contributed by atoms with van der Waals surface area (Å²) in [6, 6.07) is -1.36. The summed E-state index contributed by atoms with van der Waals surface area (Å²) in [5, 5.41) is 21.2. The lowest BCUT2D eigenvalue weighted by Gasteiger charge is -2.29. The number of urea groups is 1. The van der Waals surface area contributed by atoms with E-state index in [4.69, 9.17) is 5.11 Å². The minimum absolute atomic E-state index is 0.0720. The molecule has 1 rings (SSSR count). The number of carbonyl (C=O) groups excluding carboxylic acids is 1. The van der Waals surface area contributed by atoms with Gasteiger partial charge in [0.05, 0.1) is 6.10 Å². The van der Waals surface area contributed by atoms with Crippen LogP contribution in [0.4, 0.5) is 4.79 Å². The van der Waals surface area contributed by atoms with Crippen LogP contribution in [-0.2, 0) is 4.79 Å². The fourth-order valence-corrected chi connectivity index (χ4v) is 1.72. The molecule has 0 spiro atoms. The number of aliphatic hydroxyl groups is 1. The van der Waals surface area contributed by atoms with Crippen molar-refractivity contribution >= 4 is 12.0 Å². The third kappa shape index (κ3) is 3.33. The predicted molar refractivity (Wildman–Crippen MR) is 61.7 cm³/mol. The molecule has 1 fully saturated rings. The molecule has 1 saturated heterocycles. The van der Waals surface area contributed by atoms with Crippen LogP contribution in [0.15, 0.2) is 0 Å². The Bertz CT molecular complexity index is 317. The molecule has 0 aromatic rings. The first-order valence-electron chi connectivity index (χ1n) is 5.76. The molecule has 2 amide bonds. The molecule has 6 nitrogen and oxygen atoms in total. The fourth-order valence-electron chi connectivity index (χ4n) is 1.72. The number of nitrogens with zero attached hydrogens (tertiary/aromatic N) is 1. The maximum Gasteiger partial charge on any atom is 0.326 e. The molecule has 3 N–H and O–H groups in total. The van der Waals surface area contributed by atoms with Gasteiger partial charge in [-0.25, -0.2) is 9.59 Å². The first kappa shape index (κ1) is 13.8. The zero-order valence-electron chi connectivity index (χ0n) is 10.4. The summed E-state index contributed by atoms with van der Waals surface area (Å²) in [4.78, 5) is 24.1. The lowest BCUT2D eigenvalue weighted by atomic mass is 10.0. The summed E-state index contributed by atoms with van der Waals surface area (Å²) in [5.41, 5.74) is -0.381. The fraction of sp³-hybridized carbons (Fsp3) is 0.818. The normalized spacial score (nSPS) is 24.8. The van der Waals surface area contributed by atoms with Crippen LogP contribution in [0.1, 0.15) is 33.6 Å². The van der Waals surface area contributed by atoms with E-state index in [0.717, 1.165) is 6.42 Å².